The summed E-state index contributed by atoms with van der Waals surface area (Å²) in [5.41, 5.74) is 0.728. The van der Waals surface area contributed by atoms with Crippen LogP contribution in [-0.4, -0.2) is 27.0 Å². The first-order chi connectivity index (χ1) is 14.5. The largest absolute Gasteiger partial charge is 0.462 e. The maximum absolute atomic E-state index is 12.5. The van der Waals surface area contributed by atoms with E-state index in [2.05, 4.69) is 10.1 Å². The van der Waals surface area contributed by atoms with Gasteiger partial charge in [0.1, 0.15) is 11.5 Å². The molecule has 1 amide bonds. The summed E-state index contributed by atoms with van der Waals surface area (Å²) in [6.45, 7) is 0. The summed E-state index contributed by atoms with van der Waals surface area (Å²) < 4.78 is 11.1. The Kier molecular flexibility index (Phi) is 4.62. The third-order valence-corrected chi connectivity index (χ3v) is 5.77. The summed E-state index contributed by atoms with van der Waals surface area (Å²) in [7, 11) is 0. The number of hydrazone groups is 1. The van der Waals surface area contributed by atoms with Gasteiger partial charge in [0, 0.05) is 10.6 Å². The number of furan rings is 2. The Morgan fingerprint density at radius 3 is 2.77 bits per heavy atom. The molecule has 2 aliphatic rings. The minimum Gasteiger partial charge on any atom is -0.462 e. The van der Waals surface area contributed by atoms with E-state index in [1.165, 1.54) is 29.1 Å². The van der Waals surface area contributed by atoms with Gasteiger partial charge in [-0.1, -0.05) is 23.2 Å². The summed E-state index contributed by atoms with van der Waals surface area (Å²) >= 11 is 13.3. The second-order valence-electron chi connectivity index (χ2n) is 6.23. The summed E-state index contributed by atoms with van der Waals surface area (Å²) in [5, 5.41) is 15.9. The highest BCUT2D eigenvalue weighted by molar-refractivity contribution is 8.27. The molecule has 0 saturated carbocycles. The van der Waals surface area contributed by atoms with E-state index in [4.69, 9.17) is 37.4 Å². The number of hydrogen-bond acceptors (Lipinski definition) is 6. The van der Waals surface area contributed by atoms with Crippen LogP contribution < -0.4 is 0 Å². The van der Waals surface area contributed by atoms with E-state index >= 15 is 0 Å². The molecule has 1 N–H and O–H groups in total. The van der Waals surface area contributed by atoms with Gasteiger partial charge in [-0.2, -0.15) is 15.1 Å². The molecule has 2 aliphatic heterocycles. The van der Waals surface area contributed by atoms with Crippen molar-refractivity contribution >= 4 is 63.0 Å². The minimum atomic E-state index is -0.544. The predicted molar refractivity (Wildman–Crippen MR) is 117 cm³/mol. The molecule has 0 bridgehead atoms. The van der Waals surface area contributed by atoms with Crippen molar-refractivity contribution in [3.8, 4) is 11.3 Å². The number of halogens is 2. The van der Waals surface area contributed by atoms with Gasteiger partial charge in [0.25, 0.3) is 5.91 Å². The van der Waals surface area contributed by atoms with Crippen LogP contribution in [0.1, 0.15) is 11.5 Å². The second kappa shape index (κ2) is 7.32. The highest BCUT2D eigenvalue weighted by atomic mass is 35.5. The van der Waals surface area contributed by atoms with Crippen molar-refractivity contribution in [2.45, 2.75) is 0 Å². The molecule has 10 heteroatoms. The van der Waals surface area contributed by atoms with Crippen molar-refractivity contribution in [1.29, 1.82) is 5.41 Å². The highest BCUT2D eigenvalue weighted by Crippen LogP contribution is 2.34. The van der Waals surface area contributed by atoms with Gasteiger partial charge in [-0.3, -0.25) is 10.2 Å². The number of nitrogens with zero attached hydrogens (tertiary/aromatic N) is 3. The van der Waals surface area contributed by atoms with Crippen LogP contribution in [0.15, 0.2) is 73.2 Å². The first-order valence-corrected chi connectivity index (χ1v) is 10.2. The Balaban J connectivity index is 1.46. The smallest absolute Gasteiger partial charge is 0.283 e. The molecule has 2 aromatic heterocycles. The van der Waals surface area contributed by atoms with Crippen molar-refractivity contribution in [3.63, 3.8) is 0 Å². The molecular formula is C20H10Cl2N4O3S. The third kappa shape index (κ3) is 3.28. The SMILES string of the molecule is N=C1/C(=C/c2ccc(-c3ccc(Cl)cc3Cl)o2)C(=O)N=C2SC(c3ccco3)=NN12. The molecule has 4 heterocycles. The Morgan fingerprint density at radius 1 is 1.13 bits per heavy atom. The Morgan fingerprint density at radius 2 is 2.00 bits per heavy atom. The zero-order valence-corrected chi connectivity index (χ0v) is 17.3. The zero-order valence-electron chi connectivity index (χ0n) is 14.9. The lowest BCUT2D eigenvalue weighted by atomic mass is 10.1. The number of thioether (sulfide) groups is 1. The van der Waals surface area contributed by atoms with Crippen LogP contribution in [-0.2, 0) is 4.79 Å². The molecule has 1 aromatic carbocycles. The van der Waals surface area contributed by atoms with Crippen LogP contribution >= 0.6 is 35.0 Å². The van der Waals surface area contributed by atoms with Gasteiger partial charge in [-0.15, -0.1) is 0 Å². The van der Waals surface area contributed by atoms with Gasteiger partial charge in [-0.05, 0) is 60.3 Å². The molecule has 7 nitrogen and oxygen atoms in total. The zero-order chi connectivity index (χ0) is 20.8. The number of carbonyl (C=O) groups is 1. The lowest BCUT2D eigenvalue weighted by Crippen LogP contribution is -2.35. The summed E-state index contributed by atoms with van der Waals surface area (Å²) in [6, 6.07) is 12.0. The average molecular weight is 457 g/mol. The number of hydrogen-bond donors (Lipinski definition) is 1. The van der Waals surface area contributed by atoms with Crippen LogP contribution in [0.4, 0.5) is 0 Å². The molecule has 3 aromatic rings. The van der Waals surface area contributed by atoms with Crippen molar-refractivity contribution in [3.05, 3.63) is 75.9 Å². The lowest BCUT2D eigenvalue weighted by molar-refractivity contribution is -0.114. The van der Waals surface area contributed by atoms with E-state index in [1.54, 1.807) is 42.5 Å². The van der Waals surface area contributed by atoms with Gasteiger partial charge in [0.15, 0.2) is 16.6 Å². The molecule has 0 unspecified atom stereocenters. The number of rotatable bonds is 3. The number of amides is 1. The van der Waals surface area contributed by atoms with Crippen molar-refractivity contribution in [2.24, 2.45) is 10.1 Å². The topological polar surface area (TPSA) is 95.2 Å². The predicted octanol–water partition coefficient (Wildman–Crippen LogP) is 5.51. The Labute approximate surface area is 184 Å². The van der Waals surface area contributed by atoms with Crippen LogP contribution in [0, 0.1) is 5.41 Å². The lowest BCUT2D eigenvalue weighted by Gasteiger charge is -2.19. The quantitative estimate of drug-likeness (QED) is 0.523. The third-order valence-electron chi connectivity index (χ3n) is 4.30. The van der Waals surface area contributed by atoms with E-state index in [1.807, 2.05) is 0 Å². The minimum absolute atomic E-state index is 0.0619. The number of amidine groups is 2. The van der Waals surface area contributed by atoms with Crippen molar-refractivity contribution in [1.82, 2.24) is 5.01 Å². The van der Waals surface area contributed by atoms with Gasteiger partial charge >= 0.3 is 0 Å². The van der Waals surface area contributed by atoms with E-state index < -0.39 is 5.91 Å². The molecule has 0 atom stereocenters. The Hall–Kier alpha value is -3.07. The van der Waals surface area contributed by atoms with Gasteiger partial charge in [-0.25, -0.2) is 0 Å². The monoisotopic (exact) mass is 456 g/mol. The average Bonchev–Trinajstić information content (AvgIpc) is 3.45. The van der Waals surface area contributed by atoms with Gasteiger partial charge in [0.2, 0.25) is 5.17 Å². The molecule has 148 valence electrons. The fraction of sp³-hybridized carbons (Fsp3) is 0. The summed E-state index contributed by atoms with van der Waals surface area (Å²) in [4.78, 5) is 16.6. The molecule has 0 fully saturated rings. The summed E-state index contributed by atoms with van der Waals surface area (Å²) in [6.07, 6.45) is 2.99. The van der Waals surface area contributed by atoms with Crippen LogP contribution in [0.25, 0.3) is 17.4 Å². The fourth-order valence-corrected chi connectivity index (χ4v) is 4.26. The van der Waals surface area contributed by atoms with E-state index in [-0.39, 0.29) is 11.4 Å². The van der Waals surface area contributed by atoms with Crippen LogP contribution in [0.5, 0.6) is 0 Å². The normalized spacial score (nSPS) is 17.4. The molecule has 0 aliphatic carbocycles. The first kappa shape index (κ1) is 18.9. The molecule has 30 heavy (non-hydrogen) atoms. The maximum Gasteiger partial charge on any atom is 0.283 e. The number of fused-ring (bicyclic) bond motifs is 1. The molecular weight excluding hydrogens is 447 g/mol. The van der Waals surface area contributed by atoms with Crippen molar-refractivity contribution in [2.75, 3.05) is 0 Å². The molecule has 0 saturated heterocycles. The molecule has 0 spiro atoms. The molecule has 5 rings (SSSR count). The van der Waals surface area contributed by atoms with E-state index in [9.17, 15) is 4.79 Å². The van der Waals surface area contributed by atoms with Crippen LogP contribution in [0.2, 0.25) is 10.0 Å². The summed E-state index contributed by atoms with van der Waals surface area (Å²) in [5.74, 6) is 0.791. The number of aliphatic imine (C=N–C) groups is 1. The first-order valence-electron chi connectivity index (χ1n) is 8.59. The van der Waals surface area contributed by atoms with Gasteiger partial charge in [0.05, 0.1) is 16.9 Å². The Bertz CT molecular complexity index is 1290. The van der Waals surface area contributed by atoms with E-state index in [0.29, 0.717) is 43.1 Å². The molecule has 0 radical (unpaired) electrons. The van der Waals surface area contributed by atoms with E-state index in [0.717, 1.165) is 0 Å². The van der Waals surface area contributed by atoms with Crippen LogP contribution in [0.3, 0.4) is 0 Å². The fourth-order valence-electron chi connectivity index (χ4n) is 2.90. The number of nitrogens with one attached hydrogen (secondary N) is 1. The second-order valence-corrected chi connectivity index (χ2v) is 8.03. The van der Waals surface area contributed by atoms with Gasteiger partial charge < -0.3 is 8.83 Å². The maximum atomic E-state index is 12.5. The number of benzene rings is 1. The number of carbonyl (C=O) groups excluding carboxylic acids is 1. The highest BCUT2D eigenvalue weighted by Gasteiger charge is 2.36. The van der Waals surface area contributed by atoms with Crippen molar-refractivity contribution < 1.29 is 13.6 Å². The standard InChI is InChI=1S/C20H10Cl2N4O3S/c21-10-3-5-12(14(22)8-10)15-6-4-11(29-15)9-13-17(23)26-20(24-18(13)27)30-19(25-26)16-2-1-7-28-16/h1-9,23H/b13-9-,23-17?.